The van der Waals surface area contributed by atoms with E-state index in [1.54, 1.807) is 0 Å². The van der Waals surface area contributed by atoms with Gasteiger partial charge in [-0.1, -0.05) is 30.3 Å². The first-order chi connectivity index (χ1) is 9.56. The van der Waals surface area contributed by atoms with Crippen LogP contribution in [0.1, 0.15) is 36.3 Å². The summed E-state index contributed by atoms with van der Waals surface area (Å²) in [6, 6.07) is 12.0. The SMILES string of the molecule is Cc1cc(C)n(CCC(=O)N[C@@H](C)c2ccccc2)n1. The van der Waals surface area contributed by atoms with Gasteiger partial charge in [-0.3, -0.25) is 9.48 Å². The van der Waals surface area contributed by atoms with Crippen LogP contribution in [0.3, 0.4) is 0 Å². The second-order valence-electron chi connectivity index (χ2n) is 5.10. The molecule has 20 heavy (non-hydrogen) atoms. The van der Waals surface area contributed by atoms with Gasteiger partial charge in [0.2, 0.25) is 5.91 Å². The number of aryl methyl sites for hydroxylation is 3. The molecule has 1 N–H and O–H groups in total. The van der Waals surface area contributed by atoms with Crippen molar-refractivity contribution in [1.29, 1.82) is 0 Å². The molecule has 4 heteroatoms. The number of carbonyl (C=O) groups is 1. The van der Waals surface area contributed by atoms with Crippen LogP contribution in [0.25, 0.3) is 0 Å². The van der Waals surface area contributed by atoms with Gasteiger partial charge in [-0.25, -0.2) is 0 Å². The van der Waals surface area contributed by atoms with Gasteiger partial charge in [0.15, 0.2) is 0 Å². The summed E-state index contributed by atoms with van der Waals surface area (Å²) < 4.78 is 1.88. The predicted octanol–water partition coefficient (Wildman–Crippen LogP) is 2.77. The summed E-state index contributed by atoms with van der Waals surface area (Å²) in [4.78, 5) is 12.0. The van der Waals surface area contributed by atoms with Crippen molar-refractivity contribution in [3.63, 3.8) is 0 Å². The Bertz CT molecular complexity index is 575. The largest absolute Gasteiger partial charge is 0.350 e. The van der Waals surface area contributed by atoms with E-state index in [9.17, 15) is 4.79 Å². The van der Waals surface area contributed by atoms with Crippen LogP contribution in [-0.4, -0.2) is 15.7 Å². The van der Waals surface area contributed by atoms with E-state index in [-0.39, 0.29) is 11.9 Å². The summed E-state index contributed by atoms with van der Waals surface area (Å²) in [5.41, 5.74) is 3.19. The number of aromatic nitrogens is 2. The summed E-state index contributed by atoms with van der Waals surface area (Å²) in [6.45, 7) is 6.58. The predicted molar refractivity (Wildman–Crippen MR) is 79.3 cm³/mol. The Labute approximate surface area is 119 Å². The highest BCUT2D eigenvalue weighted by Gasteiger charge is 2.10. The van der Waals surface area contributed by atoms with Crippen molar-refractivity contribution in [2.24, 2.45) is 0 Å². The van der Waals surface area contributed by atoms with E-state index in [1.807, 2.05) is 61.9 Å². The molecule has 0 aliphatic rings. The van der Waals surface area contributed by atoms with Crippen LogP contribution in [0, 0.1) is 13.8 Å². The van der Waals surface area contributed by atoms with Crippen LogP contribution in [0.4, 0.5) is 0 Å². The Balaban J connectivity index is 1.85. The number of hydrogen-bond acceptors (Lipinski definition) is 2. The third-order valence-electron chi connectivity index (χ3n) is 3.33. The molecule has 2 aromatic rings. The van der Waals surface area contributed by atoms with Gasteiger partial charge >= 0.3 is 0 Å². The molecule has 0 radical (unpaired) electrons. The normalized spacial score (nSPS) is 12.2. The molecule has 106 valence electrons. The van der Waals surface area contributed by atoms with Crippen LogP contribution in [-0.2, 0) is 11.3 Å². The lowest BCUT2D eigenvalue weighted by molar-refractivity contribution is -0.122. The van der Waals surface area contributed by atoms with Crippen LogP contribution in [0.2, 0.25) is 0 Å². The highest BCUT2D eigenvalue weighted by Crippen LogP contribution is 2.11. The van der Waals surface area contributed by atoms with Gasteiger partial charge in [0.05, 0.1) is 11.7 Å². The Morgan fingerprint density at radius 1 is 1.30 bits per heavy atom. The molecule has 0 aliphatic heterocycles. The van der Waals surface area contributed by atoms with Gasteiger partial charge in [0.25, 0.3) is 0 Å². The summed E-state index contributed by atoms with van der Waals surface area (Å²) >= 11 is 0. The fourth-order valence-electron chi connectivity index (χ4n) is 2.25. The average Bonchev–Trinajstić information content (AvgIpc) is 2.75. The van der Waals surface area contributed by atoms with Gasteiger partial charge < -0.3 is 5.32 Å². The van der Waals surface area contributed by atoms with E-state index in [0.29, 0.717) is 13.0 Å². The van der Waals surface area contributed by atoms with Crippen molar-refractivity contribution in [2.45, 2.75) is 39.8 Å². The molecule has 2 rings (SSSR count). The molecule has 0 saturated carbocycles. The van der Waals surface area contributed by atoms with Crippen molar-refractivity contribution in [2.75, 3.05) is 0 Å². The van der Waals surface area contributed by atoms with Gasteiger partial charge in [-0.2, -0.15) is 5.10 Å². The molecule has 1 atom stereocenters. The minimum Gasteiger partial charge on any atom is -0.350 e. The number of benzene rings is 1. The van der Waals surface area contributed by atoms with Crippen LogP contribution in [0.15, 0.2) is 36.4 Å². The van der Waals surface area contributed by atoms with Gasteiger partial charge in [0.1, 0.15) is 0 Å². The fourth-order valence-corrected chi connectivity index (χ4v) is 2.25. The van der Waals surface area contributed by atoms with Crippen molar-refractivity contribution < 1.29 is 4.79 Å². The van der Waals surface area contributed by atoms with E-state index < -0.39 is 0 Å². The zero-order chi connectivity index (χ0) is 14.5. The van der Waals surface area contributed by atoms with Gasteiger partial charge in [-0.15, -0.1) is 0 Å². The number of hydrogen-bond donors (Lipinski definition) is 1. The van der Waals surface area contributed by atoms with Crippen molar-refractivity contribution >= 4 is 5.91 Å². The van der Waals surface area contributed by atoms with Crippen molar-refractivity contribution in [3.8, 4) is 0 Å². The second kappa shape index (κ2) is 6.37. The zero-order valence-corrected chi connectivity index (χ0v) is 12.3. The Morgan fingerprint density at radius 3 is 2.60 bits per heavy atom. The number of carbonyl (C=O) groups excluding carboxylic acids is 1. The topological polar surface area (TPSA) is 46.9 Å². The first-order valence-electron chi connectivity index (χ1n) is 6.91. The number of amides is 1. The monoisotopic (exact) mass is 271 g/mol. The summed E-state index contributed by atoms with van der Waals surface area (Å²) in [5.74, 6) is 0.0499. The maximum atomic E-state index is 12.0. The molecule has 4 nitrogen and oxygen atoms in total. The molecule has 1 amide bonds. The highest BCUT2D eigenvalue weighted by atomic mass is 16.1. The number of nitrogens with zero attached hydrogens (tertiary/aromatic N) is 2. The molecule has 0 bridgehead atoms. The molecule has 0 unspecified atom stereocenters. The molecule has 0 aliphatic carbocycles. The Hall–Kier alpha value is -2.10. The molecule has 1 aromatic heterocycles. The van der Waals surface area contributed by atoms with Gasteiger partial charge in [-0.05, 0) is 32.4 Å². The maximum Gasteiger partial charge on any atom is 0.222 e. The quantitative estimate of drug-likeness (QED) is 0.909. The standard InChI is InChI=1S/C16H21N3O/c1-12-11-13(2)19(18-12)10-9-16(20)17-14(3)15-7-5-4-6-8-15/h4-8,11,14H,9-10H2,1-3H3,(H,17,20)/t14-/m0/s1. The summed E-state index contributed by atoms with van der Waals surface area (Å²) in [5, 5.41) is 7.37. The lowest BCUT2D eigenvalue weighted by Gasteiger charge is -2.14. The average molecular weight is 271 g/mol. The smallest absolute Gasteiger partial charge is 0.222 e. The van der Waals surface area contributed by atoms with E-state index in [0.717, 1.165) is 17.0 Å². The highest BCUT2D eigenvalue weighted by molar-refractivity contribution is 5.76. The van der Waals surface area contributed by atoms with E-state index >= 15 is 0 Å². The zero-order valence-electron chi connectivity index (χ0n) is 12.3. The third kappa shape index (κ3) is 3.70. The fraction of sp³-hybridized carbons (Fsp3) is 0.375. The molecule has 0 saturated heterocycles. The third-order valence-corrected chi connectivity index (χ3v) is 3.33. The Kier molecular flexibility index (Phi) is 4.56. The van der Waals surface area contributed by atoms with E-state index in [2.05, 4.69) is 10.4 Å². The lowest BCUT2D eigenvalue weighted by Crippen LogP contribution is -2.27. The number of nitrogens with one attached hydrogen (secondary N) is 1. The van der Waals surface area contributed by atoms with Crippen LogP contribution >= 0.6 is 0 Å². The maximum absolute atomic E-state index is 12.0. The van der Waals surface area contributed by atoms with E-state index in [4.69, 9.17) is 0 Å². The first kappa shape index (κ1) is 14.3. The first-order valence-corrected chi connectivity index (χ1v) is 6.91. The molecular formula is C16H21N3O. The molecule has 0 spiro atoms. The number of rotatable bonds is 5. The Morgan fingerprint density at radius 2 is 2.00 bits per heavy atom. The summed E-state index contributed by atoms with van der Waals surface area (Å²) in [6.07, 6.45) is 0.444. The van der Waals surface area contributed by atoms with E-state index in [1.165, 1.54) is 0 Å². The van der Waals surface area contributed by atoms with Crippen LogP contribution < -0.4 is 5.32 Å². The van der Waals surface area contributed by atoms with Crippen molar-refractivity contribution in [3.05, 3.63) is 53.3 Å². The molecule has 1 aromatic carbocycles. The lowest BCUT2D eigenvalue weighted by atomic mass is 10.1. The second-order valence-corrected chi connectivity index (χ2v) is 5.10. The van der Waals surface area contributed by atoms with Gasteiger partial charge in [0, 0.05) is 18.7 Å². The molecular weight excluding hydrogens is 250 g/mol. The minimum atomic E-state index is 0.0316. The summed E-state index contributed by atoms with van der Waals surface area (Å²) in [7, 11) is 0. The molecule has 1 heterocycles. The molecule has 0 fully saturated rings. The van der Waals surface area contributed by atoms with Crippen molar-refractivity contribution in [1.82, 2.24) is 15.1 Å². The minimum absolute atomic E-state index is 0.0316. The van der Waals surface area contributed by atoms with Crippen LogP contribution in [0.5, 0.6) is 0 Å².